The van der Waals surface area contributed by atoms with E-state index in [4.69, 9.17) is 0 Å². The Balaban J connectivity index is 1.65. The standard InChI is InChI=1S/C16H27N3O2S/c1-2-13-11-18-14(22-13)7-10-17-15(20)19-12-16(21)8-5-3-4-6-9-16/h11,21H,2-10,12H2,1H3,(H2,17,19,20). The summed E-state index contributed by atoms with van der Waals surface area (Å²) in [6, 6.07) is -0.204. The fourth-order valence-electron chi connectivity index (χ4n) is 2.78. The third kappa shape index (κ3) is 5.57. The molecular formula is C16H27N3O2S. The summed E-state index contributed by atoms with van der Waals surface area (Å²) in [5.41, 5.74) is -0.723. The van der Waals surface area contributed by atoms with Gasteiger partial charge in [0.2, 0.25) is 0 Å². The number of hydrogen-bond donors (Lipinski definition) is 3. The van der Waals surface area contributed by atoms with Crippen molar-refractivity contribution in [2.24, 2.45) is 0 Å². The minimum Gasteiger partial charge on any atom is -0.388 e. The fraction of sp³-hybridized carbons (Fsp3) is 0.750. The second-order valence-corrected chi connectivity index (χ2v) is 7.27. The molecule has 0 aromatic carbocycles. The van der Waals surface area contributed by atoms with Gasteiger partial charge in [-0.3, -0.25) is 0 Å². The van der Waals surface area contributed by atoms with Crippen LogP contribution in [-0.4, -0.2) is 34.8 Å². The first kappa shape index (κ1) is 17.2. The Kier molecular flexibility index (Phi) is 6.64. The van der Waals surface area contributed by atoms with E-state index in [0.717, 1.165) is 43.5 Å². The number of amides is 2. The molecule has 1 aliphatic carbocycles. The van der Waals surface area contributed by atoms with Crippen LogP contribution in [0.15, 0.2) is 6.20 Å². The lowest BCUT2D eigenvalue weighted by Crippen LogP contribution is -2.46. The molecule has 3 N–H and O–H groups in total. The van der Waals surface area contributed by atoms with Gasteiger partial charge in [0, 0.05) is 30.6 Å². The molecule has 0 unspecified atom stereocenters. The molecular weight excluding hydrogens is 298 g/mol. The Morgan fingerprint density at radius 3 is 2.68 bits per heavy atom. The van der Waals surface area contributed by atoms with Crippen molar-refractivity contribution in [3.63, 3.8) is 0 Å². The number of nitrogens with zero attached hydrogens (tertiary/aromatic N) is 1. The van der Waals surface area contributed by atoms with Crippen LogP contribution in [0.3, 0.4) is 0 Å². The predicted octanol–water partition coefficient (Wildman–Crippen LogP) is 2.63. The van der Waals surface area contributed by atoms with Crippen molar-refractivity contribution >= 4 is 17.4 Å². The first-order valence-electron chi connectivity index (χ1n) is 8.29. The largest absolute Gasteiger partial charge is 0.388 e. The van der Waals surface area contributed by atoms with Gasteiger partial charge in [-0.2, -0.15) is 0 Å². The summed E-state index contributed by atoms with van der Waals surface area (Å²) in [4.78, 5) is 17.4. The minimum atomic E-state index is -0.723. The molecule has 1 saturated carbocycles. The summed E-state index contributed by atoms with van der Waals surface area (Å²) >= 11 is 1.70. The molecule has 22 heavy (non-hydrogen) atoms. The van der Waals surface area contributed by atoms with Crippen LogP contribution < -0.4 is 10.6 Å². The molecule has 124 valence electrons. The number of aryl methyl sites for hydroxylation is 1. The molecule has 2 rings (SSSR count). The lowest BCUT2D eigenvalue weighted by atomic mass is 9.95. The molecule has 5 nitrogen and oxygen atoms in total. The maximum Gasteiger partial charge on any atom is 0.314 e. The SMILES string of the molecule is CCc1cnc(CCNC(=O)NCC2(O)CCCCCC2)s1. The van der Waals surface area contributed by atoms with Crippen LogP contribution in [0.25, 0.3) is 0 Å². The molecule has 2 amide bonds. The zero-order chi connectivity index (χ0) is 15.8. The molecule has 0 saturated heterocycles. The van der Waals surface area contributed by atoms with Gasteiger partial charge in [-0.1, -0.05) is 32.6 Å². The van der Waals surface area contributed by atoms with Gasteiger partial charge in [-0.15, -0.1) is 11.3 Å². The highest BCUT2D eigenvalue weighted by Gasteiger charge is 2.28. The van der Waals surface area contributed by atoms with Gasteiger partial charge < -0.3 is 15.7 Å². The van der Waals surface area contributed by atoms with Crippen molar-refractivity contribution in [2.75, 3.05) is 13.1 Å². The number of aliphatic hydroxyl groups is 1. The molecule has 1 fully saturated rings. The normalized spacial score (nSPS) is 17.7. The number of thiazole rings is 1. The van der Waals surface area contributed by atoms with E-state index in [2.05, 4.69) is 22.5 Å². The lowest BCUT2D eigenvalue weighted by Gasteiger charge is -2.26. The number of hydrogen-bond acceptors (Lipinski definition) is 4. The Labute approximate surface area is 136 Å². The highest BCUT2D eigenvalue weighted by molar-refractivity contribution is 7.11. The molecule has 1 aromatic heterocycles. The summed E-state index contributed by atoms with van der Waals surface area (Å²) in [6.45, 7) is 3.03. The average molecular weight is 325 g/mol. The Bertz CT molecular complexity index is 468. The van der Waals surface area contributed by atoms with E-state index in [1.54, 1.807) is 11.3 Å². The highest BCUT2D eigenvalue weighted by Crippen LogP contribution is 2.26. The number of aromatic nitrogens is 1. The third-order valence-electron chi connectivity index (χ3n) is 4.19. The number of carbonyl (C=O) groups excluding carboxylic acids is 1. The van der Waals surface area contributed by atoms with Gasteiger partial charge in [-0.05, 0) is 19.3 Å². The van der Waals surface area contributed by atoms with Gasteiger partial charge in [0.15, 0.2) is 0 Å². The van der Waals surface area contributed by atoms with E-state index in [1.807, 2.05) is 6.20 Å². The maximum atomic E-state index is 11.8. The molecule has 6 heteroatoms. The van der Waals surface area contributed by atoms with Crippen LogP contribution >= 0.6 is 11.3 Å². The molecule has 0 spiro atoms. The van der Waals surface area contributed by atoms with Gasteiger partial charge in [0.05, 0.1) is 10.6 Å². The van der Waals surface area contributed by atoms with Gasteiger partial charge in [0.1, 0.15) is 0 Å². The Morgan fingerprint density at radius 1 is 1.32 bits per heavy atom. The van der Waals surface area contributed by atoms with Gasteiger partial charge >= 0.3 is 6.03 Å². The van der Waals surface area contributed by atoms with Crippen LogP contribution in [0.4, 0.5) is 4.79 Å². The number of carbonyl (C=O) groups is 1. The van der Waals surface area contributed by atoms with E-state index in [9.17, 15) is 9.90 Å². The molecule has 1 heterocycles. The quantitative estimate of drug-likeness (QED) is 0.704. The van der Waals surface area contributed by atoms with Crippen molar-refractivity contribution in [3.8, 4) is 0 Å². The monoisotopic (exact) mass is 325 g/mol. The number of rotatable bonds is 6. The minimum absolute atomic E-state index is 0.204. The summed E-state index contributed by atoms with van der Waals surface area (Å²) in [5.74, 6) is 0. The molecule has 0 radical (unpaired) electrons. The van der Waals surface area contributed by atoms with Crippen molar-refractivity contribution in [2.45, 2.75) is 63.9 Å². The van der Waals surface area contributed by atoms with Gasteiger partial charge in [-0.25, -0.2) is 9.78 Å². The fourth-order valence-corrected chi connectivity index (χ4v) is 3.64. The molecule has 1 aliphatic rings. The van der Waals surface area contributed by atoms with Crippen molar-refractivity contribution in [3.05, 3.63) is 16.1 Å². The zero-order valence-electron chi connectivity index (χ0n) is 13.4. The summed E-state index contributed by atoms with van der Waals surface area (Å²) in [7, 11) is 0. The second-order valence-electron chi connectivity index (χ2n) is 6.07. The van der Waals surface area contributed by atoms with E-state index in [-0.39, 0.29) is 6.03 Å². The highest BCUT2D eigenvalue weighted by atomic mass is 32.1. The van der Waals surface area contributed by atoms with E-state index >= 15 is 0 Å². The van der Waals surface area contributed by atoms with E-state index in [1.165, 1.54) is 17.7 Å². The topological polar surface area (TPSA) is 74.2 Å². The van der Waals surface area contributed by atoms with Crippen LogP contribution in [-0.2, 0) is 12.8 Å². The van der Waals surface area contributed by atoms with E-state index in [0.29, 0.717) is 13.1 Å². The smallest absolute Gasteiger partial charge is 0.314 e. The molecule has 0 bridgehead atoms. The number of nitrogens with one attached hydrogen (secondary N) is 2. The Morgan fingerprint density at radius 2 is 2.05 bits per heavy atom. The predicted molar refractivity (Wildman–Crippen MR) is 89.2 cm³/mol. The van der Waals surface area contributed by atoms with Crippen molar-refractivity contribution in [1.29, 1.82) is 0 Å². The summed E-state index contributed by atoms with van der Waals surface area (Å²) in [6.07, 6.45) is 9.68. The zero-order valence-corrected chi connectivity index (χ0v) is 14.2. The van der Waals surface area contributed by atoms with Crippen molar-refractivity contribution in [1.82, 2.24) is 15.6 Å². The second kappa shape index (κ2) is 8.48. The average Bonchev–Trinajstić information content (AvgIpc) is 2.86. The van der Waals surface area contributed by atoms with Crippen LogP contribution in [0.5, 0.6) is 0 Å². The van der Waals surface area contributed by atoms with Crippen LogP contribution in [0.1, 0.15) is 55.3 Å². The Hall–Kier alpha value is -1.14. The van der Waals surface area contributed by atoms with Crippen molar-refractivity contribution < 1.29 is 9.90 Å². The molecule has 0 atom stereocenters. The first-order chi connectivity index (χ1) is 10.6. The third-order valence-corrected chi connectivity index (χ3v) is 5.39. The van der Waals surface area contributed by atoms with Crippen LogP contribution in [0, 0.1) is 0 Å². The summed E-state index contributed by atoms with van der Waals surface area (Å²) < 4.78 is 0. The number of urea groups is 1. The lowest BCUT2D eigenvalue weighted by molar-refractivity contribution is 0.0277. The summed E-state index contributed by atoms with van der Waals surface area (Å²) in [5, 5.41) is 17.2. The molecule has 0 aliphatic heterocycles. The first-order valence-corrected chi connectivity index (χ1v) is 9.10. The maximum absolute atomic E-state index is 11.8. The van der Waals surface area contributed by atoms with Crippen LogP contribution in [0.2, 0.25) is 0 Å². The van der Waals surface area contributed by atoms with Gasteiger partial charge in [0.25, 0.3) is 0 Å². The molecule has 1 aromatic rings. The van der Waals surface area contributed by atoms with E-state index < -0.39 is 5.60 Å².